The monoisotopic (exact) mass is 280 g/mol. The number of nitrogens with two attached hydrogens (primary N) is 1. The average molecular weight is 280 g/mol. The molecule has 0 saturated heterocycles. The number of carbonyl (C=O) groups excluding carboxylic acids is 1. The number of nitrogens with zero attached hydrogens (tertiary/aromatic N) is 1. The summed E-state index contributed by atoms with van der Waals surface area (Å²) in [6.45, 7) is 7.57. The number of hydrogen-bond acceptors (Lipinski definition) is 4. The first-order valence-electron chi connectivity index (χ1n) is 6.03. The summed E-state index contributed by atoms with van der Waals surface area (Å²) in [7, 11) is 0. The van der Waals surface area contributed by atoms with Crippen LogP contribution in [0.2, 0.25) is 0 Å². The molecule has 4 N–H and O–H groups in total. The zero-order valence-corrected chi connectivity index (χ0v) is 12.5. The van der Waals surface area contributed by atoms with Gasteiger partial charge in [-0.2, -0.15) is 0 Å². The van der Waals surface area contributed by atoms with E-state index in [2.05, 4.69) is 15.6 Å². The second-order valence-corrected chi connectivity index (χ2v) is 5.83. The Labute approximate surface area is 119 Å². The lowest BCUT2D eigenvalue weighted by Crippen LogP contribution is -2.47. The van der Waals surface area contributed by atoms with E-state index in [0.29, 0.717) is 11.3 Å². The molecule has 6 heteroatoms. The summed E-state index contributed by atoms with van der Waals surface area (Å²) in [6, 6.07) is 1.32. The van der Waals surface area contributed by atoms with Crippen molar-refractivity contribution in [3.63, 3.8) is 0 Å². The molecule has 0 bridgehead atoms. The highest BCUT2D eigenvalue weighted by Gasteiger charge is 2.20. The first-order valence-corrected chi connectivity index (χ1v) is 6.44. The van der Waals surface area contributed by atoms with Crippen LogP contribution in [0.3, 0.4) is 0 Å². The van der Waals surface area contributed by atoms with Crippen molar-refractivity contribution in [2.24, 2.45) is 5.73 Å². The number of hydrogen-bond donors (Lipinski definition) is 3. The number of thiocarbonyl (C=S) groups is 1. The predicted octanol–water partition coefficient (Wildman–Crippen LogP) is 1.43. The Bertz CT molecular complexity index is 482. The zero-order chi connectivity index (χ0) is 14.6. The van der Waals surface area contributed by atoms with Crippen molar-refractivity contribution < 1.29 is 4.79 Å². The van der Waals surface area contributed by atoms with Gasteiger partial charge in [-0.15, -0.1) is 0 Å². The van der Waals surface area contributed by atoms with E-state index in [9.17, 15) is 4.79 Å². The van der Waals surface area contributed by atoms with Gasteiger partial charge in [-0.25, -0.2) is 0 Å². The first-order chi connectivity index (χ1) is 8.70. The van der Waals surface area contributed by atoms with E-state index in [1.165, 1.54) is 0 Å². The van der Waals surface area contributed by atoms with Gasteiger partial charge in [-0.05, 0) is 33.8 Å². The van der Waals surface area contributed by atoms with Crippen molar-refractivity contribution in [3.05, 3.63) is 24.0 Å². The fourth-order valence-electron chi connectivity index (χ4n) is 1.50. The summed E-state index contributed by atoms with van der Waals surface area (Å²) < 4.78 is 0. The minimum absolute atomic E-state index is 0.0924. The van der Waals surface area contributed by atoms with Crippen LogP contribution < -0.4 is 16.4 Å². The zero-order valence-electron chi connectivity index (χ0n) is 11.7. The summed E-state index contributed by atoms with van der Waals surface area (Å²) in [5.74, 6) is -0.0924. The molecule has 19 heavy (non-hydrogen) atoms. The maximum absolute atomic E-state index is 12.0. The van der Waals surface area contributed by atoms with E-state index in [-0.39, 0.29) is 16.4 Å². The molecule has 1 aromatic heterocycles. The summed E-state index contributed by atoms with van der Waals surface area (Å²) >= 11 is 4.97. The molecule has 0 aliphatic rings. The van der Waals surface area contributed by atoms with Crippen LogP contribution in [-0.2, 0) is 4.79 Å². The van der Waals surface area contributed by atoms with Gasteiger partial charge in [0.05, 0.1) is 11.9 Å². The molecule has 0 radical (unpaired) electrons. The third kappa shape index (κ3) is 4.82. The smallest absolute Gasteiger partial charge is 0.242 e. The van der Waals surface area contributed by atoms with E-state index in [1.54, 1.807) is 25.4 Å². The fourth-order valence-corrected chi connectivity index (χ4v) is 1.68. The van der Waals surface area contributed by atoms with Crippen LogP contribution in [0.4, 0.5) is 5.69 Å². The Morgan fingerprint density at radius 1 is 1.47 bits per heavy atom. The van der Waals surface area contributed by atoms with Gasteiger partial charge in [0, 0.05) is 17.3 Å². The second kappa shape index (κ2) is 5.97. The van der Waals surface area contributed by atoms with Gasteiger partial charge in [0.15, 0.2) is 0 Å². The molecule has 1 rings (SSSR count). The van der Waals surface area contributed by atoms with Gasteiger partial charge in [-0.1, -0.05) is 12.2 Å². The van der Waals surface area contributed by atoms with Crippen molar-refractivity contribution >= 4 is 28.8 Å². The summed E-state index contributed by atoms with van der Waals surface area (Å²) in [5, 5.41) is 5.97. The van der Waals surface area contributed by atoms with Crippen LogP contribution in [-0.4, -0.2) is 27.5 Å². The maximum atomic E-state index is 12.0. The Balaban J connectivity index is 2.80. The number of carbonyl (C=O) groups is 1. The summed E-state index contributed by atoms with van der Waals surface area (Å²) in [5.41, 5.74) is 6.70. The van der Waals surface area contributed by atoms with E-state index < -0.39 is 6.04 Å². The molecule has 5 nitrogen and oxygen atoms in total. The average Bonchev–Trinajstić information content (AvgIpc) is 2.27. The minimum Gasteiger partial charge on any atom is -0.389 e. The highest BCUT2D eigenvalue weighted by molar-refractivity contribution is 7.80. The van der Waals surface area contributed by atoms with Crippen molar-refractivity contribution in [2.75, 3.05) is 5.32 Å². The van der Waals surface area contributed by atoms with Crippen LogP contribution in [0, 0.1) is 0 Å². The standard InChI is InChI=1S/C13H20N4OS/c1-8(12(18)17-13(2,3)4)16-10-7-15-6-5-9(10)11(14)19/h5-8,16H,1-4H3,(H2,14,19)(H,17,18). The van der Waals surface area contributed by atoms with Crippen LogP contribution in [0.25, 0.3) is 0 Å². The van der Waals surface area contributed by atoms with Crippen molar-refractivity contribution in [2.45, 2.75) is 39.3 Å². The fraction of sp³-hybridized carbons (Fsp3) is 0.462. The number of rotatable bonds is 4. The van der Waals surface area contributed by atoms with Crippen molar-refractivity contribution in [1.29, 1.82) is 0 Å². The van der Waals surface area contributed by atoms with Crippen molar-refractivity contribution in [1.82, 2.24) is 10.3 Å². The van der Waals surface area contributed by atoms with Gasteiger partial charge in [-0.3, -0.25) is 9.78 Å². The molecule has 0 aliphatic heterocycles. The summed E-state index contributed by atoms with van der Waals surface area (Å²) in [4.78, 5) is 16.3. The molecule has 0 saturated carbocycles. The highest BCUT2D eigenvalue weighted by atomic mass is 32.1. The van der Waals surface area contributed by atoms with Gasteiger partial charge in [0.25, 0.3) is 0 Å². The van der Waals surface area contributed by atoms with Gasteiger partial charge in [0.1, 0.15) is 11.0 Å². The largest absolute Gasteiger partial charge is 0.389 e. The molecule has 0 fully saturated rings. The van der Waals surface area contributed by atoms with Crippen LogP contribution >= 0.6 is 12.2 Å². The Morgan fingerprint density at radius 3 is 2.63 bits per heavy atom. The molecule has 1 heterocycles. The number of aromatic nitrogens is 1. The van der Waals surface area contributed by atoms with Gasteiger partial charge >= 0.3 is 0 Å². The number of pyridine rings is 1. The van der Waals surface area contributed by atoms with E-state index in [4.69, 9.17) is 18.0 Å². The lowest BCUT2D eigenvalue weighted by Gasteiger charge is -2.24. The molecule has 0 aromatic carbocycles. The summed E-state index contributed by atoms with van der Waals surface area (Å²) in [6.07, 6.45) is 3.22. The number of nitrogens with one attached hydrogen (secondary N) is 2. The molecular weight excluding hydrogens is 260 g/mol. The van der Waals surface area contributed by atoms with Crippen molar-refractivity contribution in [3.8, 4) is 0 Å². The quantitative estimate of drug-likeness (QED) is 0.727. The molecule has 1 aromatic rings. The number of amides is 1. The molecule has 1 unspecified atom stereocenters. The number of anilines is 1. The SMILES string of the molecule is CC(Nc1cnccc1C(N)=S)C(=O)NC(C)(C)C. The molecule has 0 spiro atoms. The first kappa shape index (κ1) is 15.4. The molecule has 0 aliphatic carbocycles. The van der Waals surface area contributed by atoms with Crippen LogP contribution in [0.15, 0.2) is 18.5 Å². The molecule has 104 valence electrons. The topological polar surface area (TPSA) is 80.0 Å². The predicted molar refractivity (Wildman–Crippen MR) is 81.1 cm³/mol. The minimum atomic E-state index is -0.406. The van der Waals surface area contributed by atoms with E-state index in [0.717, 1.165) is 0 Å². The lowest BCUT2D eigenvalue weighted by molar-refractivity contribution is -0.122. The normalized spacial score (nSPS) is 12.6. The third-order valence-corrected chi connectivity index (χ3v) is 2.57. The van der Waals surface area contributed by atoms with Crippen LogP contribution in [0.1, 0.15) is 33.3 Å². The van der Waals surface area contributed by atoms with E-state index >= 15 is 0 Å². The molecular formula is C13H20N4OS. The third-order valence-electron chi connectivity index (χ3n) is 2.35. The van der Waals surface area contributed by atoms with E-state index in [1.807, 2.05) is 20.8 Å². The van der Waals surface area contributed by atoms with Gasteiger partial charge in [0.2, 0.25) is 5.91 Å². The Kier molecular flexibility index (Phi) is 4.83. The highest BCUT2D eigenvalue weighted by Crippen LogP contribution is 2.14. The Morgan fingerprint density at radius 2 is 2.11 bits per heavy atom. The second-order valence-electron chi connectivity index (χ2n) is 5.39. The molecule has 1 atom stereocenters. The lowest BCUT2D eigenvalue weighted by atomic mass is 10.1. The maximum Gasteiger partial charge on any atom is 0.242 e. The van der Waals surface area contributed by atoms with Gasteiger partial charge < -0.3 is 16.4 Å². The Hall–Kier alpha value is -1.69. The molecule has 1 amide bonds. The van der Waals surface area contributed by atoms with Crippen LogP contribution in [0.5, 0.6) is 0 Å².